The first-order valence-electron chi connectivity index (χ1n) is 6.32. The normalized spacial score (nSPS) is 22.6. The van der Waals surface area contributed by atoms with Gasteiger partial charge < -0.3 is 14.6 Å². The molecule has 0 aliphatic carbocycles. The fourth-order valence-corrected chi connectivity index (χ4v) is 2.50. The number of aliphatic carboxylic acids is 1. The molecule has 21 heavy (non-hydrogen) atoms. The van der Waals surface area contributed by atoms with Gasteiger partial charge >= 0.3 is 12.1 Å². The van der Waals surface area contributed by atoms with E-state index < -0.39 is 36.4 Å². The first-order valence-corrected chi connectivity index (χ1v) is 6.32. The van der Waals surface area contributed by atoms with Gasteiger partial charge in [-0.2, -0.15) is 13.2 Å². The molecule has 5 nitrogen and oxygen atoms in total. The van der Waals surface area contributed by atoms with Crippen LogP contribution in [0.3, 0.4) is 0 Å². The van der Waals surface area contributed by atoms with Crippen molar-refractivity contribution >= 4 is 11.9 Å². The number of likely N-dealkylation sites (tertiary alicyclic amines) is 1. The molecule has 0 radical (unpaired) electrons. The molecule has 1 aliphatic rings. The molecule has 116 valence electrons. The fourth-order valence-electron chi connectivity index (χ4n) is 2.50. The van der Waals surface area contributed by atoms with Gasteiger partial charge in [-0.3, -0.25) is 9.59 Å². The van der Waals surface area contributed by atoms with Gasteiger partial charge in [0.15, 0.2) is 5.41 Å². The van der Waals surface area contributed by atoms with Crippen LogP contribution in [0.25, 0.3) is 0 Å². The molecule has 0 spiro atoms. The van der Waals surface area contributed by atoms with Crippen LogP contribution in [-0.4, -0.2) is 45.7 Å². The molecule has 2 heterocycles. The van der Waals surface area contributed by atoms with Crippen molar-refractivity contribution in [3.05, 3.63) is 23.5 Å². The minimum atomic E-state index is -4.89. The number of hydrogen-bond donors (Lipinski definition) is 1. The summed E-state index contributed by atoms with van der Waals surface area (Å²) in [5, 5.41) is 8.97. The third kappa shape index (κ3) is 2.28. The highest BCUT2D eigenvalue weighted by molar-refractivity contribution is 5.94. The molecule has 1 atom stereocenters. The zero-order valence-corrected chi connectivity index (χ0v) is 11.6. The summed E-state index contributed by atoms with van der Waals surface area (Å²) in [6.07, 6.45) is -5.51. The van der Waals surface area contributed by atoms with Gasteiger partial charge in [0.1, 0.15) is 5.69 Å². The first-order chi connectivity index (χ1) is 9.60. The smallest absolute Gasteiger partial charge is 0.406 e. The van der Waals surface area contributed by atoms with E-state index in [0.717, 1.165) is 10.6 Å². The zero-order chi connectivity index (χ0) is 16.0. The molecule has 1 amide bonds. The van der Waals surface area contributed by atoms with E-state index in [1.807, 2.05) is 0 Å². The summed E-state index contributed by atoms with van der Waals surface area (Å²) in [7, 11) is 1.63. The van der Waals surface area contributed by atoms with E-state index in [1.54, 1.807) is 24.6 Å². The van der Waals surface area contributed by atoms with Crippen molar-refractivity contribution in [2.75, 3.05) is 13.1 Å². The van der Waals surface area contributed by atoms with E-state index in [-0.39, 0.29) is 12.2 Å². The number of carboxylic acids is 1. The summed E-state index contributed by atoms with van der Waals surface area (Å²) < 4.78 is 40.8. The van der Waals surface area contributed by atoms with E-state index in [2.05, 4.69) is 0 Å². The number of aromatic nitrogens is 1. The molecular weight excluding hydrogens is 289 g/mol. The molecular formula is C13H15F3N2O3. The maximum atomic E-state index is 13.1. The summed E-state index contributed by atoms with van der Waals surface area (Å²) in [6.45, 7) is 0.682. The maximum absolute atomic E-state index is 13.1. The quantitative estimate of drug-likeness (QED) is 0.906. The summed E-state index contributed by atoms with van der Waals surface area (Å²) in [5.41, 5.74) is -1.84. The Morgan fingerprint density at radius 1 is 1.33 bits per heavy atom. The van der Waals surface area contributed by atoms with Crippen LogP contribution in [-0.2, 0) is 11.8 Å². The number of nitrogens with zero attached hydrogens (tertiary/aromatic N) is 2. The van der Waals surface area contributed by atoms with Crippen molar-refractivity contribution in [2.24, 2.45) is 12.5 Å². The number of hydrogen-bond acceptors (Lipinski definition) is 2. The van der Waals surface area contributed by atoms with Gasteiger partial charge in [-0.05, 0) is 25.5 Å². The lowest BCUT2D eigenvalue weighted by molar-refractivity contribution is -0.227. The number of carbonyl (C=O) groups is 2. The molecule has 1 fully saturated rings. The Labute approximate surface area is 119 Å². The largest absolute Gasteiger partial charge is 0.481 e. The summed E-state index contributed by atoms with van der Waals surface area (Å²) in [6, 6.07) is 3.20. The predicted molar refractivity (Wildman–Crippen MR) is 66.8 cm³/mol. The fraction of sp³-hybridized carbons (Fsp3) is 0.538. The molecule has 1 aromatic rings. The molecule has 1 N–H and O–H groups in total. The molecule has 0 bridgehead atoms. The average Bonchev–Trinajstić information content (AvgIpc) is 2.95. The third-order valence-electron chi connectivity index (χ3n) is 4.10. The van der Waals surface area contributed by atoms with Crippen LogP contribution in [0.5, 0.6) is 0 Å². The Bertz CT molecular complexity index is 594. The number of rotatable bonds is 2. The van der Waals surface area contributed by atoms with Crippen LogP contribution in [0.2, 0.25) is 0 Å². The molecule has 0 saturated carbocycles. The standard InChI is InChI=1S/C13H15F3N2O3/c1-8-3-4-9(17(8)2)10(19)18-6-5-12(7-18,11(20)21)13(14,15)16/h3-4H,5-7H2,1-2H3,(H,20,21)/t12-/m1/s1. The molecule has 8 heteroatoms. The van der Waals surface area contributed by atoms with Crippen molar-refractivity contribution in [2.45, 2.75) is 19.5 Å². The summed E-state index contributed by atoms with van der Waals surface area (Å²) in [4.78, 5) is 24.3. The second-order valence-corrected chi connectivity index (χ2v) is 5.28. The monoisotopic (exact) mass is 304 g/mol. The van der Waals surface area contributed by atoms with Gasteiger partial charge in [0.25, 0.3) is 5.91 Å². The molecule has 1 aromatic heterocycles. The Morgan fingerprint density at radius 3 is 2.33 bits per heavy atom. The van der Waals surface area contributed by atoms with Gasteiger partial charge in [-0.15, -0.1) is 0 Å². The number of amides is 1. The molecule has 0 aromatic carbocycles. The van der Waals surface area contributed by atoms with Crippen LogP contribution in [0.4, 0.5) is 13.2 Å². The van der Waals surface area contributed by atoms with E-state index in [1.165, 1.54) is 6.07 Å². The number of carbonyl (C=O) groups excluding carboxylic acids is 1. The molecule has 1 aliphatic heterocycles. The second-order valence-electron chi connectivity index (χ2n) is 5.28. The Balaban J connectivity index is 2.28. The SMILES string of the molecule is Cc1ccc(C(=O)N2CC[C@@](C(=O)O)(C(F)(F)F)C2)n1C. The number of carboxylic acid groups (broad SMARTS) is 1. The van der Waals surface area contributed by atoms with Gasteiger partial charge in [0.2, 0.25) is 0 Å². The van der Waals surface area contributed by atoms with E-state index in [4.69, 9.17) is 5.11 Å². The van der Waals surface area contributed by atoms with Crippen LogP contribution >= 0.6 is 0 Å². The predicted octanol–water partition coefficient (Wildman–Crippen LogP) is 1.81. The van der Waals surface area contributed by atoms with E-state index in [0.29, 0.717) is 0 Å². The topological polar surface area (TPSA) is 62.5 Å². The Hall–Kier alpha value is -1.99. The van der Waals surface area contributed by atoms with Crippen LogP contribution < -0.4 is 0 Å². The zero-order valence-electron chi connectivity index (χ0n) is 11.6. The van der Waals surface area contributed by atoms with E-state index >= 15 is 0 Å². The first kappa shape index (κ1) is 15.4. The highest BCUT2D eigenvalue weighted by Crippen LogP contribution is 2.45. The van der Waals surface area contributed by atoms with E-state index in [9.17, 15) is 22.8 Å². The van der Waals surface area contributed by atoms with Crippen LogP contribution in [0.1, 0.15) is 22.6 Å². The van der Waals surface area contributed by atoms with Crippen molar-refractivity contribution in [1.82, 2.24) is 9.47 Å². The minimum Gasteiger partial charge on any atom is -0.481 e. The summed E-state index contributed by atoms with van der Waals surface area (Å²) in [5.74, 6) is -2.52. The number of halogens is 3. The molecule has 2 rings (SSSR count). The van der Waals surface area contributed by atoms with Crippen molar-refractivity contribution in [3.63, 3.8) is 0 Å². The lowest BCUT2D eigenvalue weighted by Crippen LogP contribution is -2.47. The maximum Gasteiger partial charge on any atom is 0.406 e. The highest BCUT2D eigenvalue weighted by atomic mass is 19.4. The van der Waals surface area contributed by atoms with Gasteiger partial charge in [-0.25, -0.2) is 0 Å². The lowest BCUT2D eigenvalue weighted by atomic mass is 9.86. The Morgan fingerprint density at radius 2 is 1.95 bits per heavy atom. The van der Waals surface area contributed by atoms with Crippen molar-refractivity contribution < 1.29 is 27.9 Å². The second kappa shape index (κ2) is 4.78. The highest BCUT2D eigenvalue weighted by Gasteiger charge is 2.64. The number of alkyl halides is 3. The minimum absolute atomic E-state index is 0.227. The van der Waals surface area contributed by atoms with Crippen LogP contribution in [0, 0.1) is 12.3 Å². The third-order valence-corrected chi connectivity index (χ3v) is 4.10. The summed E-state index contributed by atoms with van der Waals surface area (Å²) >= 11 is 0. The van der Waals surface area contributed by atoms with Crippen molar-refractivity contribution in [1.29, 1.82) is 0 Å². The molecule has 0 unspecified atom stereocenters. The average molecular weight is 304 g/mol. The Kier molecular flexibility index (Phi) is 3.51. The molecule has 1 saturated heterocycles. The lowest BCUT2D eigenvalue weighted by Gasteiger charge is -2.27. The van der Waals surface area contributed by atoms with Crippen LogP contribution in [0.15, 0.2) is 12.1 Å². The van der Waals surface area contributed by atoms with Gasteiger partial charge in [0, 0.05) is 25.8 Å². The van der Waals surface area contributed by atoms with Gasteiger partial charge in [-0.1, -0.05) is 0 Å². The number of aryl methyl sites for hydroxylation is 1. The van der Waals surface area contributed by atoms with Crippen molar-refractivity contribution in [3.8, 4) is 0 Å². The van der Waals surface area contributed by atoms with Gasteiger partial charge in [0.05, 0.1) is 0 Å².